The molecule has 2 rings (SSSR count). The van der Waals surface area contributed by atoms with Crippen molar-refractivity contribution in [3.8, 4) is 5.75 Å². The van der Waals surface area contributed by atoms with Crippen molar-refractivity contribution in [1.29, 1.82) is 0 Å². The van der Waals surface area contributed by atoms with Gasteiger partial charge in [-0.3, -0.25) is 9.59 Å². The number of carbonyl (C=O) groups is 2. The largest absolute Gasteiger partial charge is 0.484 e. The number of allylic oxidation sites excluding steroid dienone is 1. The van der Waals surface area contributed by atoms with E-state index in [1.165, 1.54) is 0 Å². The average Bonchev–Trinajstić information content (AvgIpc) is 2.51. The molecule has 21 heavy (non-hydrogen) atoms. The Kier molecular flexibility index (Phi) is 5.37. The van der Waals surface area contributed by atoms with Crippen LogP contribution in [0.5, 0.6) is 5.75 Å². The first-order chi connectivity index (χ1) is 10.2. The Balaban J connectivity index is 1.73. The highest BCUT2D eigenvalue weighted by Gasteiger charge is 2.39. The van der Waals surface area contributed by atoms with Gasteiger partial charge >= 0.3 is 0 Å². The van der Waals surface area contributed by atoms with Crippen LogP contribution < -0.4 is 15.4 Å². The molecule has 2 atom stereocenters. The summed E-state index contributed by atoms with van der Waals surface area (Å²) >= 11 is 0. The van der Waals surface area contributed by atoms with Crippen LogP contribution in [0.2, 0.25) is 0 Å². The molecule has 1 fully saturated rings. The maximum atomic E-state index is 11.8. The second-order valence-corrected chi connectivity index (χ2v) is 4.98. The lowest BCUT2D eigenvalue weighted by Crippen LogP contribution is -2.69. The Morgan fingerprint density at radius 3 is 2.81 bits per heavy atom. The Morgan fingerprint density at radius 1 is 1.38 bits per heavy atom. The van der Waals surface area contributed by atoms with Crippen LogP contribution in [0, 0.1) is 0 Å². The van der Waals surface area contributed by atoms with E-state index in [1.807, 2.05) is 24.3 Å². The van der Waals surface area contributed by atoms with Crippen LogP contribution in [0.4, 0.5) is 0 Å². The minimum atomic E-state index is -0.443. The number of hydrogen-bond acceptors (Lipinski definition) is 3. The molecule has 0 aromatic heterocycles. The van der Waals surface area contributed by atoms with Crippen LogP contribution >= 0.6 is 0 Å². The van der Waals surface area contributed by atoms with E-state index in [-0.39, 0.29) is 24.5 Å². The summed E-state index contributed by atoms with van der Waals surface area (Å²) in [7, 11) is 0. The van der Waals surface area contributed by atoms with Crippen LogP contribution in [-0.2, 0) is 9.59 Å². The van der Waals surface area contributed by atoms with E-state index in [2.05, 4.69) is 17.2 Å². The Labute approximate surface area is 124 Å². The number of carbonyl (C=O) groups excluding carboxylic acids is 2. The molecule has 5 heteroatoms. The summed E-state index contributed by atoms with van der Waals surface area (Å²) in [5, 5.41) is 5.51. The normalized spacial score (nSPS) is 20.1. The third-order valence-corrected chi connectivity index (χ3v) is 3.37. The predicted molar refractivity (Wildman–Crippen MR) is 79.8 cm³/mol. The van der Waals surface area contributed by atoms with Crippen molar-refractivity contribution >= 4 is 11.8 Å². The van der Waals surface area contributed by atoms with E-state index in [4.69, 9.17) is 4.74 Å². The fourth-order valence-electron chi connectivity index (χ4n) is 2.21. The lowest BCUT2D eigenvalue weighted by Gasteiger charge is -2.37. The Morgan fingerprint density at radius 2 is 2.14 bits per heavy atom. The van der Waals surface area contributed by atoms with Gasteiger partial charge in [0.1, 0.15) is 11.8 Å². The van der Waals surface area contributed by atoms with Gasteiger partial charge in [0.25, 0.3) is 5.91 Å². The number of nitrogens with one attached hydrogen (secondary N) is 2. The zero-order chi connectivity index (χ0) is 15.1. The van der Waals surface area contributed by atoms with Gasteiger partial charge in [-0.15, -0.1) is 6.58 Å². The van der Waals surface area contributed by atoms with Gasteiger partial charge in [0.05, 0.1) is 6.04 Å². The fraction of sp³-hybridized carbons (Fsp3) is 0.375. The zero-order valence-electron chi connectivity index (χ0n) is 11.9. The fourth-order valence-corrected chi connectivity index (χ4v) is 2.21. The van der Waals surface area contributed by atoms with Gasteiger partial charge in [-0.2, -0.15) is 0 Å². The third-order valence-electron chi connectivity index (χ3n) is 3.37. The van der Waals surface area contributed by atoms with Gasteiger partial charge in [0.15, 0.2) is 6.61 Å². The molecular weight excluding hydrogens is 268 g/mol. The second-order valence-electron chi connectivity index (χ2n) is 4.98. The van der Waals surface area contributed by atoms with Crippen molar-refractivity contribution in [3.63, 3.8) is 0 Å². The molecule has 1 aromatic carbocycles. The molecule has 2 amide bonds. The summed E-state index contributed by atoms with van der Waals surface area (Å²) in [6, 6.07) is 8.67. The number of amides is 2. The molecule has 0 radical (unpaired) electrons. The quantitative estimate of drug-likeness (QED) is 0.432. The number of β-lactam (4-membered cyclic amide) rings is 1. The first-order valence-corrected chi connectivity index (χ1v) is 7.09. The SMILES string of the molecule is C=CCCC[C@H]1NC(=O)[C@H]1NC(=O)COc1ccccc1. The smallest absolute Gasteiger partial charge is 0.258 e. The lowest BCUT2D eigenvalue weighted by molar-refractivity contribution is -0.137. The highest BCUT2D eigenvalue weighted by Crippen LogP contribution is 2.14. The van der Waals surface area contributed by atoms with E-state index in [0.29, 0.717) is 5.75 Å². The molecule has 1 aliphatic rings. The number of ether oxygens (including phenoxy) is 1. The maximum absolute atomic E-state index is 11.8. The van der Waals surface area contributed by atoms with E-state index in [9.17, 15) is 9.59 Å². The number of benzene rings is 1. The van der Waals surface area contributed by atoms with Crippen LogP contribution in [-0.4, -0.2) is 30.5 Å². The van der Waals surface area contributed by atoms with Crippen molar-refractivity contribution in [1.82, 2.24) is 10.6 Å². The predicted octanol–water partition coefficient (Wildman–Crippen LogP) is 1.40. The minimum Gasteiger partial charge on any atom is -0.484 e. The van der Waals surface area contributed by atoms with E-state index < -0.39 is 6.04 Å². The van der Waals surface area contributed by atoms with Crippen molar-refractivity contribution in [2.24, 2.45) is 0 Å². The molecular formula is C16H20N2O3. The van der Waals surface area contributed by atoms with Crippen LogP contribution in [0.15, 0.2) is 43.0 Å². The summed E-state index contributed by atoms with van der Waals surface area (Å²) in [5.41, 5.74) is 0. The number of hydrogen-bond donors (Lipinski definition) is 2. The van der Waals surface area contributed by atoms with E-state index >= 15 is 0 Å². The minimum absolute atomic E-state index is 0.0122. The van der Waals surface area contributed by atoms with Gasteiger partial charge in [0.2, 0.25) is 5.91 Å². The van der Waals surface area contributed by atoms with Crippen LogP contribution in [0.3, 0.4) is 0 Å². The molecule has 112 valence electrons. The Hall–Kier alpha value is -2.30. The molecule has 5 nitrogen and oxygen atoms in total. The van der Waals surface area contributed by atoms with Crippen molar-refractivity contribution in [3.05, 3.63) is 43.0 Å². The van der Waals surface area contributed by atoms with Crippen LogP contribution in [0.25, 0.3) is 0 Å². The first-order valence-electron chi connectivity index (χ1n) is 7.09. The molecule has 0 saturated carbocycles. The summed E-state index contributed by atoms with van der Waals surface area (Å²) in [6.45, 7) is 3.57. The third kappa shape index (κ3) is 4.34. The van der Waals surface area contributed by atoms with Gasteiger partial charge < -0.3 is 15.4 Å². The zero-order valence-corrected chi connectivity index (χ0v) is 11.9. The number of unbranched alkanes of at least 4 members (excludes halogenated alkanes) is 1. The van der Waals surface area contributed by atoms with Gasteiger partial charge in [-0.1, -0.05) is 24.3 Å². The molecule has 0 aliphatic carbocycles. The van der Waals surface area contributed by atoms with Crippen molar-refractivity contribution in [2.45, 2.75) is 31.3 Å². The summed E-state index contributed by atoms with van der Waals surface area (Å²) in [5.74, 6) is 0.215. The van der Waals surface area contributed by atoms with E-state index in [0.717, 1.165) is 19.3 Å². The summed E-state index contributed by atoms with van der Waals surface area (Å²) in [4.78, 5) is 23.3. The Bertz CT molecular complexity index is 502. The van der Waals surface area contributed by atoms with Gasteiger partial charge in [-0.05, 0) is 31.4 Å². The molecule has 0 bridgehead atoms. The standard InChI is InChI=1S/C16H20N2O3/c1-2-3-5-10-13-15(16(20)17-13)18-14(19)11-21-12-8-6-4-7-9-12/h2,4,6-9,13,15H,1,3,5,10-11H2,(H,17,20)(H,18,19)/t13-,15+/m1/s1. The molecule has 1 aliphatic heterocycles. The highest BCUT2D eigenvalue weighted by atomic mass is 16.5. The van der Waals surface area contributed by atoms with Crippen molar-refractivity contribution in [2.75, 3.05) is 6.61 Å². The molecule has 1 heterocycles. The summed E-state index contributed by atoms with van der Waals surface area (Å²) in [6.07, 6.45) is 4.54. The first kappa shape index (κ1) is 15.1. The second kappa shape index (κ2) is 7.47. The maximum Gasteiger partial charge on any atom is 0.258 e. The number of para-hydroxylation sites is 1. The molecule has 1 saturated heterocycles. The summed E-state index contributed by atoms with van der Waals surface area (Å²) < 4.78 is 5.35. The van der Waals surface area contributed by atoms with Crippen molar-refractivity contribution < 1.29 is 14.3 Å². The molecule has 1 aromatic rings. The highest BCUT2D eigenvalue weighted by molar-refractivity contribution is 5.93. The van der Waals surface area contributed by atoms with Gasteiger partial charge in [-0.25, -0.2) is 0 Å². The van der Waals surface area contributed by atoms with E-state index in [1.54, 1.807) is 12.1 Å². The lowest BCUT2D eigenvalue weighted by atomic mass is 9.93. The molecule has 2 N–H and O–H groups in total. The number of rotatable bonds is 8. The van der Waals surface area contributed by atoms with Gasteiger partial charge in [0, 0.05) is 0 Å². The average molecular weight is 288 g/mol. The monoisotopic (exact) mass is 288 g/mol. The topological polar surface area (TPSA) is 67.4 Å². The molecule has 0 unspecified atom stereocenters. The van der Waals surface area contributed by atoms with Crippen LogP contribution in [0.1, 0.15) is 19.3 Å². The molecule has 0 spiro atoms.